The van der Waals surface area contributed by atoms with E-state index in [9.17, 15) is 4.79 Å². The number of ether oxygens (including phenoxy) is 1. The lowest BCUT2D eigenvalue weighted by Gasteiger charge is -2.10. The van der Waals surface area contributed by atoms with Crippen molar-refractivity contribution in [3.05, 3.63) is 12.7 Å². The molecule has 2 heterocycles. The molecule has 20 heavy (non-hydrogen) atoms. The minimum Gasteiger partial charge on any atom is -0.466 e. The van der Waals surface area contributed by atoms with Gasteiger partial charge in [-0.05, 0) is 13.3 Å². The zero-order valence-electron chi connectivity index (χ0n) is 10.9. The van der Waals surface area contributed by atoms with Gasteiger partial charge in [-0.25, -0.2) is 15.0 Å². The van der Waals surface area contributed by atoms with Crippen LogP contribution in [0.4, 0.5) is 5.82 Å². The number of alkyl halides is 1. The Hall–Kier alpha value is -1.70. The average Bonchev–Trinajstić information content (AvgIpc) is 2.90. The fourth-order valence-corrected chi connectivity index (χ4v) is 3.07. The van der Waals surface area contributed by atoms with Crippen molar-refractivity contribution in [2.24, 2.45) is 5.92 Å². The molecule has 0 amide bonds. The predicted octanol–water partition coefficient (Wildman–Crippen LogP) is 1.13. The van der Waals surface area contributed by atoms with Gasteiger partial charge < -0.3 is 15.0 Å². The fraction of sp³-hybridized carbons (Fsp3) is 0.500. The lowest BCUT2D eigenvalue weighted by atomic mass is 10.3. The number of nitrogens with two attached hydrogens (primary N) is 1. The van der Waals surface area contributed by atoms with Crippen LogP contribution in [0, 0.1) is 5.92 Å². The molecule has 0 aliphatic heterocycles. The van der Waals surface area contributed by atoms with Crippen molar-refractivity contribution >= 4 is 38.9 Å². The number of fused-ring (bicyclic) bond motifs is 1. The molecule has 3 rings (SSSR count). The molecule has 8 heteroatoms. The van der Waals surface area contributed by atoms with Crippen LogP contribution in [0.3, 0.4) is 0 Å². The van der Waals surface area contributed by atoms with Crippen molar-refractivity contribution in [2.45, 2.75) is 24.2 Å². The van der Waals surface area contributed by atoms with E-state index in [-0.39, 0.29) is 16.2 Å². The van der Waals surface area contributed by atoms with E-state index in [1.54, 1.807) is 13.3 Å². The molecule has 2 N–H and O–H groups in total. The van der Waals surface area contributed by atoms with Gasteiger partial charge in [-0.2, -0.15) is 0 Å². The number of esters is 1. The summed E-state index contributed by atoms with van der Waals surface area (Å²) < 4.78 is 6.64. The van der Waals surface area contributed by atoms with Gasteiger partial charge in [0.2, 0.25) is 0 Å². The second-order valence-corrected chi connectivity index (χ2v) is 6.43. The molecule has 0 bridgehead atoms. The average molecular weight is 340 g/mol. The molecule has 0 aromatic carbocycles. The van der Waals surface area contributed by atoms with Crippen LogP contribution in [0.15, 0.2) is 12.7 Å². The predicted molar refractivity (Wildman–Crippen MR) is 76.1 cm³/mol. The standard InChI is InChI=1S/C12H14BrN5O2/c1-2-20-11(19)7-3-12(7,13)4-18-6-17-8-9(14)15-5-16-10(8)18/h5-7H,2-4H2,1H3,(H2,14,15,16)/t7-,12-/m0/s1. The van der Waals surface area contributed by atoms with Gasteiger partial charge in [0.1, 0.15) is 11.8 Å². The first-order chi connectivity index (χ1) is 9.55. The van der Waals surface area contributed by atoms with Crippen molar-refractivity contribution in [1.29, 1.82) is 0 Å². The summed E-state index contributed by atoms with van der Waals surface area (Å²) in [6, 6.07) is 0. The van der Waals surface area contributed by atoms with Gasteiger partial charge in [0, 0.05) is 6.54 Å². The summed E-state index contributed by atoms with van der Waals surface area (Å²) in [7, 11) is 0. The molecule has 1 aliphatic rings. The van der Waals surface area contributed by atoms with E-state index in [1.807, 2.05) is 4.57 Å². The van der Waals surface area contributed by atoms with E-state index >= 15 is 0 Å². The summed E-state index contributed by atoms with van der Waals surface area (Å²) in [5.74, 6) is 0.0668. The highest BCUT2D eigenvalue weighted by Crippen LogP contribution is 2.53. The van der Waals surface area contributed by atoms with Gasteiger partial charge in [0.15, 0.2) is 11.5 Å². The number of imidazole rings is 1. The summed E-state index contributed by atoms with van der Waals surface area (Å²) in [6.45, 7) is 2.79. The number of nitrogen functional groups attached to an aromatic ring is 1. The lowest BCUT2D eigenvalue weighted by molar-refractivity contribution is -0.144. The third-order valence-electron chi connectivity index (χ3n) is 3.44. The third-order valence-corrected chi connectivity index (χ3v) is 4.57. The smallest absolute Gasteiger partial charge is 0.310 e. The normalized spacial score (nSPS) is 24.8. The Morgan fingerprint density at radius 1 is 1.60 bits per heavy atom. The SMILES string of the molecule is CCOC(=O)[C@@H]1C[C@]1(Br)Cn1cnc2c(N)ncnc21. The second-order valence-electron chi connectivity index (χ2n) is 4.85. The maximum Gasteiger partial charge on any atom is 0.310 e. The van der Waals surface area contributed by atoms with Gasteiger partial charge in [-0.1, -0.05) is 15.9 Å². The molecule has 7 nitrogen and oxygen atoms in total. The Labute approximate surface area is 123 Å². The number of halogens is 1. The van der Waals surface area contributed by atoms with Gasteiger partial charge in [0.05, 0.1) is 23.2 Å². The van der Waals surface area contributed by atoms with Crippen LogP contribution in [0.2, 0.25) is 0 Å². The Balaban J connectivity index is 1.81. The molecule has 0 spiro atoms. The minimum atomic E-state index is -0.285. The molecule has 106 valence electrons. The fourth-order valence-electron chi connectivity index (χ4n) is 2.29. The molecule has 2 atom stereocenters. The van der Waals surface area contributed by atoms with Crippen LogP contribution in [-0.4, -0.2) is 36.4 Å². The molecule has 1 aliphatic carbocycles. The summed E-state index contributed by atoms with van der Waals surface area (Å²) >= 11 is 3.63. The van der Waals surface area contributed by atoms with E-state index < -0.39 is 0 Å². The van der Waals surface area contributed by atoms with E-state index in [0.29, 0.717) is 30.1 Å². The number of carbonyl (C=O) groups is 1. The zero-order chi connectivity index (χ0) is 14.3. The largest absolute Gasteiger partial charge is 0.466 e. The number of hydrogen-bond donors (Lipinski definition) is 1. The third kappa shape index (κ3) is 2.13. The van der Waals surface area contributed by atoms with Gasteiger partial charge in [0.25, 0.3) is 0 Å². The van der Waals surface area contributed by atoms with Crippen LogP contribution in [0.1, 0.15) is 13.3 Å². The molecular weight excluding hydrogens is 326 g/mol. The van der Waals surface area contributed by atoms with E-state index in [4.69, 9.17) is 10.5 Å². The Morgan fingerprint density at radius 3 is 3.15 bits per heavy atom. The van der Waals surface area contributed by atoms with Crippen molar-refractivity contribution < 1.29 is 9.53 Å². The van der Waals surface area contributed by atoms with Gasteiger partial charge in [-0.3, -0.25) is 4.79 Å². The highest BCUT2D eigenvalue weighted by atomic mass is 79.9. The molecule has 2 aromatic heterocycles. The first kappa shape index (κ1) is 13.3. The van der Waals surface area contributed by atoms with Crippen molar-refractivity contribution in [3.63, 3.8) is 0 Å². The van der Waals surface area contributed by atoms with Crippen LogP contribution < -0.4 is 5.73 Å². The number of nitrogens with zero attached hydrogens (tertiary/aromatic N) is 4. The maximum atomic E-state index is 11.7. The number of rotatable bonds is 4. The van der Waals surface area contributed by atoms with E-state index in [1.165, 1.54) is 6.33 Å². The Morgan fingerprint density at radius 2 is 2.40 bits per heavy atom. The first-order valence-electron chi connectivity index (χ1n) is 6.32. The lowest BCUT2D eigenvalue weighted by Crippen LogP contribution is -2.19. The van der Waals surface area contributed by atoms with Gasteiger partial charge >= 0.3 is 5.97 Å². The summed E-state index contributed by atoms with van der Waals surface area (Å²) in [6.07, 6.45) is 3.82. The Kier molecular flexibility index (Phi) is 3.12. The summed E-state index contributed by atoms with van der Waals surface area (Å²) in [5.41, 5.74) is 7.00. The quantitative estimate of drug-likeness (QED) is 0.662. The van der Waals surface area contributed by atoms with Crippen molar-refractivity contribution in [3.8, 4) is 0 Å². The highest BCUT2D eigenvalue weighted by Gasteiger charge is 2.58. The van der Waals surface area contributed by atoms with Crippen LogP contribution in [0.5, 0.6) is 0 Å². The monoisotopic (exact) mass is 339 g/mol. The van der Waals surface area contributed by atoms with Crippen LogP contribution in [0.25, 0.3) is 11.2 Å². The first-order valence-corrected chi connectivity index (χ1v) is 7.11. The Bertz CT molecular complexity index is 673. The van der Waals surface area contributed by atoms with Crippen molar-refractivity contribution in [1.82, 2.24) is 19.5 Å². The van der Waals surface area contributed by atoms with Crippen LogP contribution in [-0.2, 0) is 16.1 Å². The highest BCUT2D eigenvalue weighted by molar-refractivity contribution is 9.10. The molecule has 0 saturated heterocycles. The summed E-state index contributed by atoms with van der Waals surface area (Å²) in [5, 5.41) is 0. The molecule has 1 saturated carbocycles. The van der Waals surface area contributed by atoms with E-state index in [2.05, 4.69) is 30.9 Å². The zero-order valence-corrected chi connectivity index (χ0v) is 12.5. The van der Waals surface area contributed by atoms with Crippen molar-refractivity contribution in [2.75, 3.05) is 12.3 Å². The maximum absolute atomic E-state index is 11.7. The molecule has 0 radical (unpaired) electrons. The molecule has 0 unspecified atom stereocenters. The number of hydrogen-bond acceptors (Lipinski definition) is 6. The number of carbonyl (C=O) groups excluding carboxylic acids is 1. The summed E-state index contributed by atoms with van der Waals surface area (Å²) in [4.78, 5) is 24.1. The minimum absolute atomic E-state index is 0.126. The van der Waals surface area contributed by atoms with E-state index in [0.717, 1.165) is 6.42 Å². The molecule has 2 aromatic rings. The number of anilines is 1. The molecule has 1 fully saturated rings. The van der Waals surface area contributed by atoms with Crippen LogP contribution >= 0.6 is 15.9 Å². The molecular formula is C12H14BrN5O2. The second kappa shape index (κ2) is 4.69. The number of aromatic nitrogens is 4. The topological polar surface area (TPSA) is 95.9 Å². The van der Waals surface area contributed by atoms with Gasteiger partial charge in [-0.15, -0.1) is 0 Å².